The molecule has 2 unspecified atom stereocenters. The Bertz CT molecular complexity index is 68.5. The largest absolute Gasteiger partial charge is 0.394 e. The summed E-state index contributed by atoms with van der Waals surface area (Å²) < 4.78 is 9.56. The maximum Gasteiger partial charge on any atom is 0.231 e. The summed E-state index contributed by atoms with van der Waals surface area (Å²) >= 11 is 0. The van der Waals surface area contributed by atoms with E-state index in [0.29, 0.717) is 6.42 Å². The summed E-state index contributed by atoms with van der Waals surface area (Å²) in [5, 5.41) is 17.3. The van der Waals surface area contributed by atoms with Gasteiger partial charge in [0.05, 0.1) is 19.3 Å². The molecule has 11 heavy (non-hydrogen) atoms. The van der Waals surface area contributed by atoms with Crippen LogP contribution in [0.2, 0.25) is 0 Å². The van der Waals surface area contributed by atoms with E-state index in [1.54, 1.807) is 0 Å². The molecule has 66 valence electrons. The number of aliphatic hydroxyl groups excluding tert-OH is 2. The monoisotopic (exact) mass is 163 g/mol. The topological polar surface area (TPSA) is 58.9 Å². The Kier molecular flexibility index (Phi) is 6.25. The van der Waals surface area contributed by atoms with Crippen molar-refractivity contribution in [3.05, 3.63) is 7.11 Å². The van der Waals surface area contributed by atoms with E-state index >= 15 is 0 Å². The molecule has 4 nitrogen and oxygen atoms in total. The fraction of sp³-hybridized carbons (Fsp3) is 0.857. The Balaban J connectivity index is 3.58. The van der Waals surface area contributed by atoms with Crippen molar-refractivity contribution >= 4 is 0 Å². The number of hydrogen-bond acceptors (Lipinski definition) is 4. The molecule has 0 fully saturated rings. The van der Waals surface area contributed by atoms with E-state index in [4.69, 9.17) is 14.9 Å². The molecule has 0 heterocycles. The number of ether oxygens (including phenoxy) is 2. The van der Waals surface area contributed by atoms with Crippen LogP contribution in [-0.2, 0) is 9.47 Å². The standard InChI is InChI=1S/C7H15O4/c1-3-6(4-8)11-7(5-9)10-2/h6-9H,2-5H2,1H3/q+1. The van der Waals surface area contributed by atoms with Crippen molar-refractivity contribution in [3.8, 4) is 0 Å². The highest BCUT2D eigenvalue weighted by Crippen LogP contribution is 2.02. The lowest BCUT2D eigenvalue weighted by Gasteiger charge is -2.16. The third kappa shape index (κ3) is 4.21. The molecule has 0 aliphatic heterocycles. The van der Waals surface area contributed by atoms with Crippen LogP contribution < -0.4 is 0 Å². The molecule has 0 aromatic heterocycles. The molecule has 0 aliphatic rings. The Labute approximate surface area is 66.7 Å². The molecule has 0 radical (unpaired) electrons. The van der Waals surface area contributed by atoms with Crippen LogP contribution in [0.4, 0.5) is 0 Å². The second-order valence-corrected chi connectivity index (χ2v) is 2.13. The summed E-state index contributed by atoms with van der Waals surface area (Å²) in [4.78, 5) is 0. The van der Waals surface area contributed by atoms with E-state index in [0.717, 1.165) is 0 Å². The van der Waals surface area contributed by atoms with E-state index in [2.05, 4.69) is 11.8 Å². The number of rotatable bonds is 6. The van der Waals surface area contributed by atoms with Gasteiger partial charge in [-0.15, -0.1) is 0 Å². The highest BCUT2D eigenvalue weighted by molar-refractivity contribution is 4.53. The quantitative estimate of drug-likeness (QED) is 0.424. The third-order valence-corrected chi connectivity index (χ3v) is 1.34. The minimum atomic E-state index is -0.730. The van der Waals surface area contributed by atoms with Crippen molar-refractivity contribution < 1.29 is 19.7 Å². The van der Waals surface area contributed by atoms with Crippen LogP contribution in [0.15, 0.2) is 0 Å². The SMILES string of the molecule is [CH2+]OC(CO)OC(CC)CO. The molecule has 0 aliphatic carbocycles. The molecular weight excluding hydrogens is 148 g/mol. The smallest absolute Gasteiger partial charge is 0.231 e. The van der Waals surface area contributed by atoms with Gasteiger partial charge in [-0.2, -0.15) is 4.74 Å². The normalized spacial score (nSPS) is 16.3. The second kappa shape index (κ2) is 6.42. The minimum Gasteiger partial charge on any atom is -0.394 e. The fourth-order valence-electron chi connectivity index (χ4n) is 0.618. The van der Waals surface area contributed by atoms with Gasteiger partial charge in [0.15, 0.2) is 0 Å². The van der Waals surface area contributed by atoms with Crippen molar-refractivity contribution in [1.82, 2.24) is 0 Å². The average Bonchev–Trinajstić information content (AvgIpc) is 2.07. The van der Waals surface area contributed by atoms with Crippen LogP contribution in [0, 0.1) is 7.11 Å². The Hall–Kier alpha value is -0.290. The lowest BCUT2D eigenvalue weighted by molar-refractivity contribution is -0.171. The molecule has 0 rings (SSSR count). The Morgan fingerprint density at radius 1 is 1.36 bits per heavy atom. The van der Waals surface area contributed by atoms with Crippen LogP contribution in [-0.4, -0.2) is 35.8 Å². The summed E-state index contributed by atoms with van der Waals surface area (Å²) in [5.74, 6) is 0. The van der Waals surface area contributed by atoms with Gasteiger partial charge in [-0.25, -0.2) is 0 Å². The summed E-state index contributed by atoms with van der Waals surface area (Å²) in [6.07, 6.45) is -0.336. The van der Waals surface area contributed by atoms with Gasteiger partial charge in [0, 0.05) is 0 Å². The Morgan fingerprint density at radius 2 is 2.00 bits per heavy atom. The van der Waals surface area contributed by atoms with Crippen molar-refractivity contribution in [2.24, 2.45) is 0 Å². The first kappa shape index (κ1) is 10.7. The number of aliphatic hydroxyl groups is 2. The van der Waals surface area contributed by atoms with Gasteiger partial charge in [-0.1, -0.05) is 6.92 Å². The van der Waals surface area contributed by atoms with E-state index < -0.39 is 6.29 Å². The van der Waals surface area contributed by atoms with Gasteiger partial charge in [0.2, 0.25) is 13.4 Å². The van der Waals surface area contributed by atoms with Gasteiger partial charge in [0.25, 0.3) is 0 Å². The second-order valence-electron chi connectivity index (χ2n) is 2.13. The first-order chi connectivity index (χ1) is 5.28. The molecule has 0 aromatic rings. The molecule has 0 aromatic carbocycles. The summed E-state index contributed by atoms with van der Waals surface area (Å²) in [6.45, 7) is 1.55. The predicted molar refractivity (Wildman–Crippen MR) is 39.6 cm³/mol. The maximum atomic E-state index is 8.68. The highest BCUT2D eigenvalue weighted by Gasteiger charge is 2.15. The summed E-state index contributed by atoms with van der Waals surface area (Å²) in [7, 11) is 3.11. The molecule has 2 N–H and O–H groups in total. The van der Waals surface area contributed by atoms with Gasteiger partial charge >= 0.3 is 0 Å². The van der Waals surface area contributed by atoms with Crippen LogP contribution in [0.5, 0.6) is 0 Å². The molecule has 0 amide bonds. The first-order valence-corrected chi connectivity index (χ1v) is 3.56. The molecule has 0 spiro atoms. The highest BCUT2D eigenvalue weighted by atomic mass is 16.7. The van der Waals surface area contributed by atoms with Crippen molar-refractivity contribution in [2.75, 3.05) is 13.2 Å². The molecular formula is C7H15O4+. The van der Waals surface area contributed by atoms with Crippen molar-refractivity contribution in [1.29, 1.82) is 0 Å². The first-order valence-electron chi connectivity index (χ1n) is 3.56. The van der Waals surface area contributed by atoms with Gasteiger partial charge < -0.3 is 14.9 Å². The van der Waals surface area contributed by atoms with Gasteiger partial charge in [0.1, 0.15) is 0 Å². The lowest BCUT2D eigenvalue weighted by atomic mass is 10.3. The molecule has 2 atom stereocenters. The van der Waals surface area contributed by atoms with E-state index in [-0.39, 0.29) is 19.3 Å². The molecule has 0 saturated carbocycles. The lowest BCUT2D eigenvalue weighted by Crippen LogP contribution is -2.28. The van der Waals surface area contributed by atoms with E-state index in [1.807, 2.05) is 6.92 Å². The molecule has 4 heteroatoms. The zero-order valence-corrected chi connectivity index (χ0v) is 6.69. The zero-order chi connectivity index (χ0) is 8.69. The van der Waals surface area contributed by atoms with Crippen molar-refractivity contribution in [2.45, 2.75) is 25.7 Å². The molecule has 0 bridgehead atoms. The van der Waals surface area contributed by atoms with E-state index in [1.165, 1.54) is 0 Å². The maximum absolute atomic E-state index is 8.68. The van der Waals surface area contributed by atoms with Crippen LogP contribution >= 0.6 is 0 Å². The predicted octanol–water partition coefficient (Wildman–Crippen LogP) is -0.0995. The fourth-order valence-corrected chi connectivity index (χ4v) is 0.618. The van der Waals surface area contributed by atoms with Gasteiger partial charge in [-0.05, 0) is 6.42 Å². The average molecular weight is 163 g/mol. The summed E-state index contributed by atoms with van der Waals surface area (Å²) in [5.41, 5.74) is 0. The summed E-state index contributed by atoms with van der Waals surface area (Å²) in [6, 6.07) is 0. The third-order valence-electron chi connectivity index (χ3n) is 1.34. The van der Waals surface area contributed by atoms with E-state index in [9.17, 15) is 0 Å². The van der Waals surface area contributed by atoms with Crippen LogP contribution in [0.25, 0.3) is 0 Å². The minimum absolute atomic E-state index is 0.0731. The zero-order valence-electron chi connectivity index (χ0n) is 6.69. The number of hydrogen-bond donors (Lipinski definition) is 2. The molecule has 0 saturated heterocycles. The van der Waals surface area contributed by atoms with Crippen molar-refractivity contribution in [3.63, 3.8) is 0 Å². The van der Waals surface area contributed by atoms with Gasteiger partial charge in [-0.3, -0.25) is 0 Å². The van der Waals surface area contributed by atoms with Crippen LogP contribution in [0.3, 0.4) is 0 Å². The van der Waals surface area contributed by atoms with Crippen LogP contribution in [0.1, 0.15) is 13.3 Å². The Morgan fingerprint density at radius 3 is 2.27 bits per heavy atom.